The molecule has 1 aliphatic rings. The summed E-state index contributed by atoms with van der Waals surface area (Å²) >= 11 is 2.92. The Morgan fingerprint density at radius 3 is 2.71 bits per heavy atom. The van der Waals surface area contributed by atoms with Gasteiger partial charge < -0.3 is 5.32 Å². The Morgan fingerprint density at radius 1 is 1.25 bits per heavy atom. The van der Waals surface area contributed by atoms with Gasteiger partial charge in [0, 0.05) is 19.0 Å². The number of thiophene rings is 1. The standard InChI is InChI=1S/C19H23N5O2S2/c1-10-16(11(2)24(4)22-10)20-14(25)9-27-19-21-17-15(18(26)23(19)3)12-7-5-6-8-13(12)28-17/h5-9H2,1-4H3,(H,20,25). The molecule has 0 unspecified atom stereocenters. The number of hydrogen-bond acceptors (Lipinski definition) is 6. The van der Waals surface area contributed by atoms with Crippen LogP contribution in [0.25, 0.3) is 10.2 Å². The molecular weight excluding hydrogens is 394 g/mol. The number of hydrogen-bond donors (Lipinski definition) is 1. The van der Waals surface area contributed by atoms with Crippen molar-refractivity contribution in [3.05, 3.63) is 32.2 Å². The van der Waals surface area contributed by atoms with Crippen LogP contribution in [-0.2, 0) is 31.7 Å². The number of amides is 1. The zero-order valence-corrected chi connectivity index (χ0v) is 18.1. The van der Waals surface area contributed by atoms with E-state index in [-0.39, 0.29) is 17.2 Å². The van der Waals surface area contributed by atoms with E-state index in [2.05, 4.69) is 10.4 Å². The molecule has 4 rings (SSSR count). The number of nitrogens with one attached hydrogen (secondary N) is 1. The zero-order chi connectivity index (χ0) is 20.0. The molecule has 148 valence electrons. The number of nitrogens with zero attached hydrogens (tertiary/aromatic N) is 4. The Balaban J connectivity index is 1.56. The molecule has 9 heteroatoms. The SMILES string of the molecule is Cc1nn(C)c(C)c1NC(=O)CSc1nc2sc3c(c2c(=O)n1C)CCCC3. The lowest BCUT2D eigenvalue weighted by atomic mass is 9.97. The number of fused-ring (bicyclic) bond motifs is 3. The highest BCUT2D eigenvalue weighted by Gasteiger charge is 2.21. The number of aromatic nitrogens is 4. The second-order valence-corrected chi connectivity index (χ2v) is 9.18. The maximum absolute atomic E-state index is 12.9. The smallest absolute Gasteiger partial charge is 0.262 e. The average Bonchev–Trinajstić information content (AvgIpc) is 3.15. The van der Waals surface area contributed by atoms with Gasteiger partial charge in [-0.05, 0) is 45.1 Å². The van der Waals surface area contributed by atoms with Gasteiger partial charge in [-0.2, -0.15) is 5.10 Å². The number of carbonyl (C=O) groups is 1. The maximum atomic E-state index is 12.9. The highest BCUT2D eigenvalue weighted by Crippen LogP contribution is 2.34. The molecule has 28 heavy (non-hydrogen) atoms. The van der Waals surface area contributed by atoms with E-state index in [1.807, 2.05) is 20.9 Å². The fourth-order valence-corrected chi connectivity index (χ4v) is 5.73. The van der Waals surface area contributed by atoms with E-state index < -0.39 is 0 Å². The van der Waals surface area contributed by atoms with Crippen LogP contribution < -0.4 is 10.9 Å². The predicted molar refractivity (Wildman–Crippen MR) is 114 cm³/mol. The summed E-state index contributed by atoms with van der Waals surface area (Å²) < 4.78 is 3.32. The maximum Gasteiger partial charge on any atom is 0.262 e. The van der Waals surface area contributed by atoms with E-state index in [9.17, 15) is 9.59 Å². The molecule has 0 fully saturated rings. The summed E-state index contributed by atoms with van der Waals surface area (Å²) in [6.45, 7) is 3.79. The molecule has 0 saturated heterocycles. The summed E-state index contributed by atoms with van der Waals surface area (Å²) in [5, 5.41) is 8.59. The van der Waals surface area contributed by atoms with Crippen LogP contribution in [0.5, 0.6) is 0 Å². The first-order valence-electron chi connectivity index (χ1n) is 9.31. The quantitative estimate of drug-likeness (QED) is 0.521. The lowest BCUT2D eigenvalue weighted by molar-refractivity contribution is -0.113. The monoisotopic (exact) mass is 417 g/mol. The summed E-state index contributed by atoms with van der Waals surface area (Å²) in [7, 11) is 3.58. The third-order valence-corrected chi connectivity index (χ3v) is 7.48. The van der Waals surface area contributed by atoms with E-state index in [0.717, 1.165) is 46.6 Å². The second kappa shape index (κ2) is 7.36. The fourth-order valence-electron chi connectivity index (χ4n) is 3.66. The first-order valence-corrected chi connectivity index (χ1v) is 11.1. The summed E-state index contributed by atoms with van der Waals surface area (Å²) in [6, 6.07) is 0. The van der Waals surface area contributed by atoms with Gasteiger partial charge in [0.25, 0.3) is 5.56 Å². The highest BCUT2D eigenvalue weighted by molar-refractivity contribution is 7.99. The van der Waals surface area contributed by atoms with Crippen molar-refractivity contribution in [3.8, 4) is 0 Å². The molecule has 3 heterocycles. The van der Waals surface area contributed by atoms with Crippen LogP contribution in [0.3, 0.4) is 0 Å². The van der Waals surface area contributed by atoms with Gasteiger partial charge in [-0.1, -0.05) is 11.8 Å². The Kier molecular flexibility index (Phi) is 5.05. The van der Waals surface area contributed by atoms with Crippen molar-refractivity contribution >= 4 is 44.9 Å². The Bertz CT molecular complexity index is 1140. The first-order chi connectivity index (χ1) is 13.4. The molecule has 1 N–H and O–H groups in total. The molecule has 1 amide bonds. The third-order valence-electron chi connectivity index (χ3n) is 5.26. The normalized spacial score (nSPS) is 13.7. The summed E-state index contributed by atoms with van der Waals surface area (Å²) in [4.78, 5) is 32.2. The molecule has 3 aromatic rings. The topological polar surface area (TPSA) is 81.8 Å². The van der Waals surface area contributed by atoms with Gasteiger partial charge in [-0.25, -0.2) is 4.98 Å². The predicted octanol–water partition coefficient (Wildman–Crippen LogP) is 2.95. The van der Waals surface area contributed by atoms with E-state index in [4.69, 9.17) is 4.98 Å². The summed E-state index contributed by atoms with van der Waals surface area (Å²) in [5.74, 6) is 0.0500. The minimum absolute atomic E-state index is 0.00810. The van der Waals surface area contributed by atoms with Crippen LogP contribution >= 0.6 is 23.1 Å². The summed E-state index contributed by atoms with van der Waals surface area (Å²) in [5.41, 5.74) is 3.63. The molecule has 0 radical (unpaired) electrons. The van der Waals surface area contributed by atoms with Crippen LogP contribution in [0, 0.1) is 13.8 Å². The van der Waals surface area contributed by atoms with Crippen LogP contribution in [0.2, 0.25) is 0 Å². The van der Waals surface area contributed by atoms with Crippen molar-refractivity contribution in [2.45, 2.75) is 44.7 Å². The zero-order valence-electron chi connectivity index (χ0n) is 16.5. The van der Waals surface area contributed by atoms with Crippen molar-refractivity contribution in [2.75, 3.05) is 11.1 Å². The molecule has 0 aliphatic heterocycles. The Hall–Kier alpha value is -2.13. The molecule has 0 aromatic carbocycles. The summed E-state index contributed by atoms with van der Waals surface area (Å²) in [6.07, 6.45) is 4.31. The van der Waals surface area contributed by atoms with Crippen LogP contribution in [0.15, 0.2) is 9.95 Å². The van der Waals surface area contributed by atoms with Crippen LogP contribution in [0.4, 0.5) is 5.69 Å². The molecule has 3 aromatic heterocycles. The van der Waals surface area contributed by atoms with Gasteiger partial charge in [-0.15, -0.1) is 11.3 Å². The Morgan fingerprint density at radius 2 is 2.00 bits per heavy atom. The largest absolute Gasteiger partial charge is 0.322 e. The molecule has 7 nitrogen and oxygen atoms in total. The molecule has 0 bridgehead atoms. The fraction of sp³-hybridized carbons (Fsp3) is 0.474. The number of anilines is 1. The van der Waals surface area contributed by atoms with Crippen molar-refractivity contribution in [3.63, 3.8) is 0 Å². The third kappa shape index (κ3) is 3.26. The lowest BCUT2D eigenvalue weighted by Crippen LogP contribution is -2.22. The molecule has 0 spiro atoms. The molecule has 0 saturated carbocycles. The minimum Gasteiger partial charge on any atom is -0.322 e. The minimum atomic E-state index is -0.135. The molecular formula is C19H23N5O2S2. The van der Waals surface area contributed by atoms with E-state index in [1.54, 1.807) is 27.6 Å². The van der Waals surface area contributed by atoms with Gasteiger partial charge in [0.05, 0.1) is 28.2 Å². The van der Waals surface area contributed by atoms with Gasteiger partial charge in [0.15, 0.2) is 5.16 Å². The van der Waals surface area contributed by atoms with E-state index >= 15 is 0 Å². The highest BCUT2D eigenvalue weighted by atomic mass is 32.2. The van der Waals surface area contributed by atoms with E-state index in [1.165, 1.54) is 28.6 Å². The lowest BCUT2D eigenvalue weighted by Gasteiger charge is -2.11. The number of rotatable bonds is 4. The average molecular weight is 418 g/mol. The number of aryl methyl sites for hydroxylation is 4. The molecule has 1 aliphatic carbocycles. The number of carbonyl (C=O) groups excluding carboxylic acids is 1. The van der Waals surface area contributed by atoms with Crippen LogP contribution in [-0.4, -0.2) is 31.0 Å². The van der Waals surface area contributed by atoms with Crippen LogP contribution in [0.1, 0.15) is 34.7 Å². The number of thioether (sulfide) groups is 1. The van der Waals surface area contributed by atoms with E-state index in [0.29, 0.717) is 5.16 Å². The Labute approximate surface area is 171 Å². The first kappa shape index (κ1) is 19.2. The van der Waals surface area contributed by atoms with Gasteiger partial charge in [0.1, 0.15) is 4.83 Å². The van der Waals surface area contributed by atoms with Gasteiger partial charge >= 0.3 is 0 Å². The second-order valence-electron chi connectivity index (χ2n) is 7.16. The van der Waals surface area contributed by atoms with Crippen molar-refractivity contribution in [1.29, 1.82) is 0 Å². The van der Waals surface area contributed by atoms with Crippen molar-refractivity contribution in [2.24, 2.45) is 14.1 Å². The van der Waals surface area contributed by atoms with Gasteiger partial charge in [0.2, 0.25) is 5.91 Å². The molecule has 0 atom stereocenters. The van der Waals surface area contributed by atoms with Gasteiger partial charge in [-0.3, -0.25) is 18.8 Å². The van der Waals surface area contributed by atoms with Crippen molar-refractivity contribution < 1.29 is 4.79 Å². The van der Waals surface area contributed by atoms with Crippen molar-refractivity contribution in [1.82, 2.24) is 19.3 Å².